The molecule has 0 saturated carbocycles. The lowest BCUT2D eigenvalue weighted by atomic mass is 10.2. The predicted octanol–water partition coefficient (Wildman–Crippen LogP) is 1.59. The zero-order chi connectivity index (χ0) is 10.6. The van der Waals surface area contributed by atoms with Crippen molar-refractivity contribution >= 4 is 17.6 Å². The summed E-state index contributed by atoms with van der Waals surface area (Å²) in [5, 5.41) is 0. The summed E-state index contributed by atoms with van der Waals surface area (Å²) in [5.74, 6) is -0.259. The van der Waals surface area contributed by atoms with Crippen molar-refractivity contribution in [1.82, 2.24) is 4.57 Å². The number of rotatable bonds is 4. The van der Waals surface area contributed by atoms with Gasteiger partial charge in [-0.15, -0.1) is 0 Å². The Morgan fingerprint density at radius 1 is 1.50 bits per heavy atom. The molecule has 0 bridgehead atoms. The van der Waals surface area contributed by atoms with Gasteiger partial charge in [0.15, 0.2) is 5.78 Å². The van der Waals surface area contributed by atoms with Crippen molar-refractivity contribution in [1.29, 1.82) is 0 Å². The minimum atomic E-state index is -0.154. The van der Waals surface area contributed by atoms with Crippen molar-refractivity contribution < 1.29 is 9.59 Å². The molecule has 0 spiro atoms. The molecule has 0 saturated heterocycles. The van der Waals surface area contributed by atoms with Crippen LogP contribution in [0.4, 0.5) is 0 Å². The SMILES string of the molecule is CC(=O)CC(=O)/C=C/c1cccn1C. The van der Waals surface area contributed by atoms with E-state index < -0.39 is 0 Å². The molecule has 3 heteroatoms. The molecule has 14 heavy (non-hydrogen) atoms. The molecule has 1 rings (SSSR count). The molecule has 0 radical (unpaired) electrons. The van der Waals surface area contributed by atoms with Crippen molar-refractivity contribution in [2.45, 2.75) is 13.3 Å². The van der Waals surface area contributed by atoms with Gasteiger partial charge in [0.2, 0.25) is 0 Å². The van der Waals surface area contributed by atoms with Gasteiger partial charge in [-0.05, 0) is 31.2 Å². The van der Waals surface area contributed by atoms with E-state index in [2.05, 4.69) is 0 Å². The number of aryl methyl sites for hydroxylation is 1. The summed E-state index contributed by atoms with van der Waals surface area (Å²) in [6.45, 7) is 1.41. The van der Waals surface area contributed by atoms with Crippen molar-refractivity contribution in [3.8, 4) is 0 Å². The van der Waals surface area contributed by atoms with Crippen LogP contribution in [0.1, 0.15) is 19.0 Å². The second kappa shape index (κ2) is 4.56. The third-order valence-electron chi connectivity index (χ3n) is 1.85. The van der Waals surface area contributed by atoms with Crippen LogP contribution in [0, 0.1) is 0 Å². The van der Waals surface area contributed by atoms with Crippen LogP contribution in [0.15, 0.2) is 24.4 Å². The van der Waals surface area contributed by atoms with Gasteiger partial charge in [0, 0.05) is 18.9 Å². The lowest BCUT2D eigenvalue weighted by molar-refractivity contribution is -0.123. The fourth-order valence-corrected chi connectivity index (χ4v) is 1.13. The molecule has 1 heterocycles. The highest BCUT2D eigenvalue weighted by Crippen LogP contribution is 2.02. The highest BCUT2D eigenvalue weighted by Gasteiger charge is 2.00. The Bertz CT molecular complexity index is 374. The zero-order valence-corrected chi connectivity index (χ0v) is 8.36. The van der Waals surface area contributed by atoms with Gasteiger partial charge in [0.1, 0.15) is 5.78 Å². The Labute approximate surface area is 83.0 Å². The molecular weight excluding hydrogens is 178 g/mol. The fraction of sp³-hybridized carbons (Fsp3) is 0.273. The average Bonchev–Trinajstić information content (AvgIpc) is 2.46. The first kappa shape index (κ1) is 10.4. The number of carbonyl (C=O) groups is 2. The standard InChI is InChI=1S/C11H13NO2/c1-9(13)8-11(14)6-5-10-4-3-7-12(10)2/h3-7H,8H2,1-2H3/b6-5+. The lowest BCUT2D eigenvalue weighted by Crippen LogP contribution is -2.00. The van der Waals surface area contributed by atoms with E-state index in [1.807, 2.05) is 29.9 Å². The zero-order valence-electron chi connectivity index (χ0n) is 8.36. The second-order valence-corrected chi connectivity index (χ2v) is 3.22. The molecule has 0 aliphatic carbocycles. The van der Waals surface area contributed by atoms with Crippen LogP contribution in [0.3, 0.4) is 0 Å². The summed E-state index contributed by atoms with van der Waals surface area (Å²) in [4.78, 5) is 21.8. The van der Waals surface area contributed by atoms with Crippen LogP contribution in [0.2, 0.25) is 0 Å². The van der Waals surface area contributed by atoms with Crippen LogP contribution in [-0.2, 0) is 16.6 Å². The molecule has 0 aliphatic rings. The van der Waals surface area contributed by atoms with E-state index in [-0.39, 0.29) is 18.0 Å². The Hall–Kier alpha value is -1.64. The maximum absolute atomic E-state index is 11.1. The number of aromatic nitrogens is 1. The Kier molecular flexibility index (Phi) is 3.40. The monoisotopic (exact) mass is 191 g/mol. The molecule has 1 aromatic heterocycles. The number of hydrogen-bond donors (Lipinski definition) is 0. The molecule has 0 unspecified atom stereocenters. The largest absolute Gasteiger partial charge is 0.351 e. The molecule has 3 nitrogen and oxygen atoms in total. The number of hydrogen-bond acceptors (Lipinski definition) is 2. The maximum Gasteiger partial charge on any atom is 0.163 e. The number of Topliss-reactive ketones (excluding diaryl/α,β-unsaturated/α-hetero) is 1. The lowest BCUT2D eigenvalue weighted by Gasteiger charge is -1.94. The minimum absolute atomic E-state index is 0.0130. The Morgan fingerprint density at radius 3 is 2.71 bits per heavy atom. The predicted molar refractivity (Wildman–Crippen MR) is 54.8 cm³/mol. The molecule has 0 atom stereocenters. The van der Waals surface area contributed by atoms with Crippen LogP contribution in [0.5, 0.6) is 0 Å². The van der Waals surface area contributed by atoms with E-state index in [1.165, 1.54) is 13.0 Å². The summed E-state index contributed by atoms with van der Waals surface area (Å²) in [6.07, 6.45) is 5.04. The first-order chi connectivity index (χ1) is 6.59. The molecule has 0 amide bonds. The topological polar surface area (TPSA) is 39.1 Å². The fourth-order valence-electron chi connectivity index (χ4n) is 1.13. The van der Waals surface area contributed by atoms with Gasteiger partial charge in [-0.3, -0.25) is 9.59 Å². The molecule has 0 fully saturated rings. The highest BCUT2D eigenvalue weighted by atomic mass is 16.1. The first-order valence-electron chi connectivity index (χ1n) is 4.41. The summed E-state index contributed by atoms with van der Waals surface area (Å²) >= 11 is 0. The van der Waals surface area contributed by atoms with Crippen LogP contribution in [-0.4, -0.2) is 16.1 Å². The molecule has 0 aromatic carbocycles. The smallest absolute Gasteiger partial charge is 0.163 e. The Balaban J connectivity index is 2.60. The Morgan fingerprint density at radius 2 is 2.21 bits per heavy atom. The summed E-state index contributed by atoms with van der Waals surface area (Å²) in [6, 6.07) is 3.80. The van der Waals surface area contributed by atoms with Gasteiger partial charge < -0.3 is 4.57 Å². The van der Waals surface area contributed by atoms with E-state index >= 15 is 0 Å². The minimum Gasteiger partial charge on any atom is -0.351 e. The van der Waals surface area contributed by atoms with Crippen molar-refractivity contribution in [3.63, 3.8) is 0 Å². The van der Waals surface area contributed by atoms with Gasteiger partial charge in [0.05, 0.1) is 6.42 Å². The molecule has 0 aliphatic heterocycles. The van der Waals surface area contributed by atoms with E-state index in [0.29, 0.717) is 0 Å². The van der Waals surface area contributed by atoms with Crippen LogP contribution in [0.25, 0.3) is 6.08 Å². The van der Waals surface area contributed by atoms with Gasteiger partial charge in [-0.1, -0.05) is 0 Å². The van der Waals surface area contributed by atoms with E-state index in [0.717, 1.165) is 5.69 Å². The van der Waals surface area contributed by atoms with Gasteiger partial charge in [-0.2, -0.15) is 0 Å². The highest BCUT2D eigenvalue weighted by molar-refractivity contribution is 6.05. The van der Waals surface area contributed by atoms with Crippen molar-refractivity contribution in [3.05, 3.63) is 30.1 Å². The molecule has 1 aromatic rings. The second-order valence-electron chi connectivity index (χ2n) is 3.22. The average molecular weight is 191 g/mol. The summed E-state index contributed by atoms with van der Waals surface area (Å²) in [7, 11) is 1.90. The van der Waals surface area contributed by atoms with Crippen molar-refractivity contribution in [2.75, 3.05) is 0 Å². The van der Waals surface area contributed by atoms with E-state index in [9.17, 15) is 9.59 Å². The van der Waals surface area contributed by atoms with Gasteiger partial charge in [0.25, 0.3) is 0 Å². The summed E-state index contributed by atoms with van der Waals surface area (Å²) in [5.41, 5.74) is 0.946. The third kappa shape index (κ3) is 3.01. The van der Waals surface area contributed by atoms with Gasteiger partial charge >= 0.3 is 0 Å². The first-order valence-corrected chi connectivity index (χ1v) is 4.41. The molecular formula is C11H13NO2. The number of ketones is 2. The number of nitrogens with zero attached hydrogens (tertiary/aromatic N) is 1. The van der Waals surface area contributed by atoms with E-state index in [1.54, 1.807) is 6.08 Å². The molecule has 74 valence electrons. The van der Waals surface area contributed by atoms with E-state index in [4.69, 9.17) is 0 Å². The summed E-state index contributed by atoms with van der Waals surface area (Å²) < 4.78 is 1.90. The number of allylic oxidation sites excluding steroid dienone is 1. The van der Waals surface area contributed by atoms with Gasteiger partial charge in [-0.25, -0.2) is 0 Å². The third-order valence-corrected chi connectivity index (χ3v) is 1.85. The van der Waals surface area contributed by atoms with Crippen LogP contribution < -0.4 is 0 Å². The normalized spacial score (nSPS) is 10.7. The maximum atomic E-state index is 11.1. The quantitative estimate of drug-likeness (QED) is 0.535. The number of carbonyl (C=O) groups excluding carboxylic acids is 2. The van der Waals surface area contributed by atoms with Crippen molar-refractivity contribution in [2.24, 2.45) is 7.05 Å². The van der Waals surface area contributed by atoms with Crippen LogP contribution >= 0.6 is 0 Å². The molecule has 0 N–H and O–H groups in total.